The van der Waals surface area contributed by atoms with Crippen molar-refractivity contribution in [3.63, 3.8) is 0 Å². The highest BCUT2D eigenvalue weighted by molar-refractivity contribution is 6.03. The maximum Gasteiger partial charge on any atom is 0.270 e. The maximum atomic E-state index is 12.7. The van der Waals surface area contributed by atoms with E-state index in [1.165, 1.54) is 0 Å². The molecular formula is C17H23NO4. The first kappa shape index (κ1) is 16.3. The highest BCUT2D eigenvalue weighted by Gasteiger charge is 2.42. The van der Waals surface area contributed by atoms with E-state index in [1.54, 1.807) is 30.9 Å². The number of rotatable bonds is 6. The smallest absolute Gasteiger partial charge is 0.270 e. The number of aldehydes is 1. The third kappa shape index (κ3) is 2.93. The molecule has 0 saturated carbocycles. The van der Waals surface area contributed by atoms with Crippen LogP contribution in [0.5, 0.6) is 11.5 Å². The molecule has 0 aromatic heterocycles. The standard InChI is InChI=1S/C17H23NO4/c1-5-7-8-18-13-9-12(11-19)10-14(21-6-2)15(13)22-17(3,4)16(18)20/h9-11H,5-8H2,1-4H3. The fourth-order valence-electron chi connectivity index (χ4n) is 2.51. The predicted molar refractivity (Wildman–Crippen MR) is 85.0 cm³/mol. The van der Waals surface area contributed by atoms with Crippen molar-refractivity contribution in [1.82, 2.24) is 0 Å². The number of anilines is 1. The first-order chi connectivity index (χ1) is 10.4. The van der Waals surface area contributed by atoms with Gasteiger partial charge in [0.15, 0.2) is 17.1 Å². The lowest BCUT2D eigenvalue weighted by Gasteiger charge is -2.39. The van der Waals surface area contributed by atoms with E-state index in [-0.39, 0.29) is 5.91 Å². The van der Waals surface area contributed by atoms with Gasteiger partial charge in [-0.15, -0.1) is 0 Å². The van der Waals surface area contributed by atoms with Gasteiger partial charge in [-0.3, -0.25) is 9.59 Å². The Hall–Kier alpha value is -2.04. The minimum absolute atomic E-state index is 0.0982. The van der Waals surface area contributed by atoms with Crippen molar-refractivity contribution in [2.75, 3.05) is 18.1 Å². The van der Waals surface area contributed by atoms with Gasteiger partial charge in [0.25, 0.3) is 5.91 Å². The average Bonchev–Trinajstić information content (AvgIpc) is 2.48. The number of ether oxygens (including phenoxy) is 2. The van der Waals surface area contributed by atoms with Crippen molar-refractivity contribution in [3.05, 3.63) is 17.7 Å². The maximum absolute atomic E-state index is 12.7. The van der Waals surface area contributed by atoms with Crippen LogP contribution in [-0.2, 0) is 4.79 Å². The number of hydrogen-bond acceptors (Lipinski definition) is 4. The summed E-state index contributed by atoms with van der Waals surface area (Å²) in [5.41, 5.74) is 0.139. The van der Waals surface area contributed by atoms with Gasteiger partial charge in [-0.2, -0.15) is 0 Å². The van der Waals surface area contributed by atoms with Crippen LogP contribution in [0.3, 0.4) is 0 Å². The second kappa shape index (κ2) is 6.38. The third-order valence-electron chi connectivity index (χ3n) is 3.64. The summed E-state index contributed by atoms with van der Waals surface area (Å²) in [6.45, 7) is 8.50. The number of hydrogen-bond donors (Lipinski definition) is 0. The molecule has 0 atom stereocenters. The topological polar surface area (TPSA) is 55.8 Å². The molecule has 22 heavy (non-hydrogen) atoms. The zero-order valence-corrected chi connectivity index (χ0v) is 13.6. The first-order valence-electron chi connectivity index (χ1n) is 7.71. The lowest BCUT2D eigenvalue weighted by molar-refractivity contribution is -0.132. The fraction of sp³-hybridized carbons (Fsp3) is 0.529. The monoisotopic (exact) mass is 305 g/mol. The molecule has 5 heteroatoms. The van der Waals surface area contributed by atoms with Crippen LogP contribution in [0.2, 0.25) is 0 Å². The summed E-state index contributed by atoms with van der Waals surface area (Å²) < 4.78 is 11.5. The Balaban J connectivity index is 2.58. The molecule has 1 aromatic rings. The second-order valence-corrected chi connectivity index (χ2v) is 5.84. The normalized spacial score (nSPS) is 16.0. The largest absolute Gasteiger partial charge is 0.490 e. The number of carbonyl (C=O) groups is 2. The van der Waals surface area contributed by atoms with Gasteiger partial charge in [-0.05, 0) is 39.3 Å². The number of nitrogens with zero attached hydrogens (tertiary/aromatic N) is 1. The van der Waals surface area contributed by atoms with Crippen molar-refractivity contribution in [3.8, 4) is 11.5 Å². The molecular weight excluding hydrogens is 282 g/mol. The fourth-order valence-corrected chi connectivity index (χ4v) is 2.51. The van der Waals surface area contributed by atoms with E-state index in [4.69, 9.17) is 9.47 Å². The molecule has 1 aliphatic rings. The second-order valence-electron chi connectivity index (χ2n) is 5.84. The van der Waals surface area contributed by atoms with Gasteiger partial charge < -0.3 is 14.4 Å². The average molecular weight is 305 g/mol. The van der Waals surface area contributed by atoms with Crippen LogP contribution < -0.4 is 14.4 Å². The van der Waals surface area contributed by atoms with Crippen molar-refractivity contribution in [2.24, 2.45) is 0 Å². The Morgan fingerprint density at radius 1 is 1.32 bits per heavy atom. The van der Waals surface area contributed by atoms with Gasteiger partial charge in [-0.1, -0.05) is 13.3 Å². The summed E-state index contributed by atoms with van der Waals surface area (Å²) in [6.07, 6.45) is 2.62. The van der Waals surface area contributed by atoms with Crippen LogP contribution in [0, 0.1) is 0 Å². The number of amides is 1. The molecule has 0 unspecified atom stereocenters. The van der Waals surface area contributed by atoms with Crippen LogP contribution in [0.4, 0.5) is 5.69 Å². The van der Waals surface area contributed by atoms with E-state index in [1.807, 2.05) is 6.92 Å². The van der Waals surface area contributed by atoms with Gasteiger partial charge in [0, 0.05) is 12.1 Å². The molecule has 1 aromatic carbocycles. The molecule has 0 spiro atoms. The summed E-state index contributed by atoms with van der Waals surface area (Å²) in [4.78, 5) is 25.5. The van der Waals surface area contributed by atoms with Gasteiger partial charge in [0.2, 0.25) is 0 Å². The number of unbranched alkanes of at least 4 members (excludes halogenated alkanes) is 1. The zero-order chi connectivity index (χ0) is 16.3. The molecule has 1 aliphatic heterocycles. The summed E-state index contributed by atoms with van der Waals surface area (Å²) >= 11 is 0. The van der Waals surface area contributed by atoms with E-state index in [0.29, 0.717) is 35.9 Å². The molecule has 1 heterocycles. The van der Waals surface area contributed by atoms with Gasteiger partial charge in [-0.25, -0.2) is 0 Å². The van der Waals surface area contributed by atoms with Crippen molar-refractivity contribution >= 4 is 17.9 Å². The summed E-state index contributed by atoms with van der Waals surface area (Å²) in [7, 11) is 0. The highest BCUT2D eigenvalue weighted by atomic mass is 16.5. The van der Waals surface area contributed by atoms with Crippen LogP contribution in [0.15, 0.2) is 12.1 Å². The lowest BCUT2D eigenvalue weighted by atomic mass is 10.0. The van der Waals surface area contributed by atoms with Crippen molar-refractivity contribution < 1.29 is 19.1 Å². The van der Waals surface area contributed by atoms with E-state index >= 15 is 0 Å². The van der Waals surface area contributed by atoms with E-state index in [9.17, 15) is 9.59 Å². The minimum atomic E-state index is -0.949. The first-order valence-corrected chi connectivity index (χ1v) is 7.71. The highest BCUT2D eigenvalue weighted by Crippen LogP contribution is 2.45. The Kier molecular flexibility index (Phi) is 4.74. The van der Waals surface area contributed by atoms with Crippen LogP contribution in [0.25, 0.3) is 0 Å². The zero-order valence-electron chi connectivity index (χ0n) is 13.6. The molecule has 0 aliphatic carbocycles. The van der Waals surface area contributed by atoms with Crippen LogP contribution in [-0.4, -0.2) is 30.9 Å². The molecule has 120 valence electrons. The Labute approximate surface area is 131 Å². The molecule has 5 nitrogen and oxygen atoms in total. The van der Waals surface area contributed by atoms with Gasteiger partial charge in [0.1, 0.15) is 6.29 Å². The SMILES string of the molecule is CCCCN1C(=O)C(C)(C)Oc2c(OCC)cc(C=O)cc21. The molecule has 0 radical (unpaired) electrons. The number of fused-ring (bicyclic) bond motifs is 1. The van der Waals surface area contributed by atoms with E-state index < -0.39 is 5.60 Å². The van der Waals surface area contributed by atoms with E-state index in [0.717, 1.165) is 19.1 Å². The van der Waals surface area contributed by atoms with Gasteiger partial charge >= 0.3 is 0 Å². The van der Waals surface area contributed by atoms with Crippen LogP contribution >= 0.6 is 0 Å². The van der Waals surface area contributed by atoms with E-state index in [2.05, 4.69) is 6.92 Å². The molecule has 0 bridgehead atoms. The Morgan fingerprint density at radius 3 is 2.64 bits per heavy atom. The molecule has 0 fully saturated rings. The van der Waals surface area contributed by atoms with Crippen LogP contribution in [0.1, 0.15) is 50.9 Å². The van der Waals surface area contributed by atoms with Crippen molar-refractivity contribution in [1.29, 1.82) is 0 Å². The molecule has 0 N–H and O–H groups in total. The van der Waals surface area contributed by atoms with Gasteiger partial charge in [0.05, 0.1) is 12.3 Å². The molecule has 2 rings (SSSR count). The molecule has 1 amide bonds. The quantitative estimate of drug-likeness (QED) is 0.757. The lowest BCUT2D eigenvalue weighted by Crippen LogP contribution is -2.52. The predicted octanol–water partition coefficient (Wildman–Crippen LogP) is 3.20. The number of carbonyl (C=O) groups excluding carboxylic acids is 2. The summed E-state index contributed by atoms with van der Waals surface area (Å²) in [6, 6.07) is 3.34. The Morgan fingerprint density at radius 2 is 2.05 bits per heavy atom. The minimum Gasteiger partial charge on any atom is -0.490 e. The summed E-state index contributed by atoms with van der Waals surface area (Å²) in [5, 5.41) is 0. The molecule has 0 saturated heterocycles. The van der Waals surface area contributed by atoms with Crippen molar-refractivity contribution in [2.45, 2.75) is 46.1 Å². The third-order valence-corrected chi connectivity index (χ3v) is 3.64. The Bertz CT molecular complexity index is 580. The summed E-state index contributed by atoms with van der Waals surface area (Å²) in [5.74, 6) is 0.941. The number of benzene rings is 1.